The number of aryl methyl sites for hydroxylation is 1. The Morgan fingerprint density at radius 3 is 2.46 bits per heavy atom. The normalized spacial score (nSPS) is 12.5. The van der Waals surface area contributed by atoms with Crippen molar-refractivity contribution in [2.75, 3.05) is 24.7 Å². The number of ether oxygens (including phenoxy) is 2. The fourth-order valence-corrected chi connectivity index (χ4v) is 4.43. The molecule has 37 heavy (non-hydrogen) atoms. The van der Waals surface area contributed by atoms with Crippen molar-refractivity contribution in [1.29, 1.82) is 0 Å². The number of hydrogen-bond acceptors (Lipinski definition) is 9. The third-order valence-electron chi connectivity index (χ3n) is 4.96. The molecule has 0 saturated heterocycles. The lowest BCUT2D eigenvalue weighted by atomic mass is 10.2. The van der Waals surface area contributed by atoms with Gasteiger partial charge < -0.3 is 14.6 Å². The number of allylic oxidation sites excluding steroid dienone is 1. The minimum absolute atomic E-state index is 0.133. The standard InChI is InChI=1S/C24H29N7O5S/c1-15(2)11-27-22(25-4)18(32)14-37(33,34)30-24-29-28-23(17-10-16(3)12-26-13-17)31(24)21-19(35-5)8-7-9-20(21)36-6/h7-13,18,32H,4,14H2,1-3,5-6H3,(H,29,30)/t18-/m0/s1. The van der Waals surface area contributed by atoms with Gasteiger partial charge in [0, 0.05) is 24.2 Å². The van der Waals surface area contributed by atoms with Crippen LogP contribution in [0.25, 0.3) is 17.1 Å². The van der Waals surface area contributed by atoms with E-state index in [1.165, 1.54) is 25.0 Å². The molecular formula is C24H29N7O5S. The molecule has 0 spiro atoms. The number of pyridine rings is 1. The number of aliphatic imine (C=N–C) groups is 2. The third kappa shape index (κ3) is 6.57. The molecule has 0 saturated carbocycles. The maximum Gasteiger partial charge on any atom is 0.243 e. The number of hydrogen-bond donors (Lipinski definition) is 2. The van der Waals surface area contributed by atoms with Crippen LogP contribution in [0.3, 0.4) is 0 Å². The van der Waals surface area contributed by atoms with Crippen LogP contribution in [0, 0.1) is 6.92 Å². The van der Waals surface area contributed by atoms with E-state index >= 15 is 0 Å². The Hall–Kier alpha value is -4.10. The summed E-state index contributed by atoms with van der Waals surface area (Å²) in [5.74, 6) is 0.0169. The van der Waals surface area contributed by atoms with Gasteiger partial charge in [0.15, 0.2) is 11.7 Å². The number of aromatic nitrogens is 4. The summed E-state index contributed by atoms with van der Waals surface area (Å²) in [5.41, 5.74) is 2.65. The number of amidine groups is 1. The number of nitrogens with one attached hydrogen (secondary N) is 1. The topological polar surface area (TPSA) is 153 Å². The molecule has 3 aromatic rings. The number of aliphatic hydroxyl groups excluding tert-OH is 1. The monoisotopic (exact) mass is 527 g/mol. The van der Waals surface area contributed by atoms with E-state index in [1.807, 2.05) is 13.0 Å². The zero-order valence-corrected chi connectivity index (χ0v) is 22.0. The molecule has 0 aliphatic heterocycles. The molecule has 1 atom stereocenters. The first-order valence-electron chi connectivity index (χ1n) is 11.0. The summed E-state index contributed by atoms with van der Waals surface area (Å²) < 4.78 is 41.1. The second-order valence-corrected chi connectivity index (χ2v) is 9.96. The predicted octanol–water partition coefficient (Wildman–Crippen LogP) is 2.78. The first-order valence-corrected chi connectivity index (χ1v) is 12.7. The average Bonchev–Trinajstić information content (AvgIpc) is 3.25. The van der Waals surface area contributed by atoms with Crippen LogP contribution in [-0.2, 0) is 10.0 Å². The number of sulfonamides is 1. The highest BCUT2D eigenvalue weighted by molar-refractivity contribution is 7.92. The number of para-hydroxylation sites is 1. The summed E-state index contributed by atoms with van der Waals surface area (Å²) in [7, 11) is -1.23. The molecule has 0 aliphatic carbocycles. The lowest BCUT2D eigenvalue weighted by molar-refractivity contribution is 0.263. The maximum atomic E-state index is 13.1. The van der Waals surface area contributed by atoms with Crippen molar-refractivity contribution in [3.05, 3.63) is 54.0 Å². The number of methoxy groups -OCH3 is 2. The number of nitrogens with zero attached hydrogens (tertiary/aromatic N) is 6. The van der Waals surface area contributed by atoms with Gasteiger partial charge in [-0.05, 0) is 51.3 Å². The van der Waals surface area contributed by atoms with E-state index in [-0.39, 0.29) is 17.6 Å². The Morgan fingerprint density at radius 1 is 1.22 bits per heavy atom. The highest BCUT2D eigenvalue weighted by Crippen LogP contribution is 2.37. The number of benzene rings is 1. The van der Waals surface area contributed by atoms with Crippen molar-refractivity contribution in [1.82, 2.24) is 19.7 Å². The van der Waals surface area contributed by atoms with E-state index in [1.54, 1.807) is 44.4 Å². The second kappa shape index (κ2) is 11.8. The minimum Gasteiger partial charge on any atom is -0.494 e. The predicted molar refractivity (Wildman–Crippen MR) is 142 cm³/mol. The molecule has 0 bridgehead atoms. The largest absolute Gasteiger partial charge is 0.494 e. The van der Waals surface area contributed by atoms with Crippen molar-refractivity contribution in [2.24, 2.45) is 9.98 Å². The lowest BCUT2D eigenvalue weighted by Crippen LogP contribution is -2.32. The van der Waals surface area contributed by atoms with Crippen molar-refractivity contribution < 1.29 is 23.0 Å². The molecule has 196 valence electrons. The summed E-state index contributed by atoms with van der Waals surface area (Å²) in [4.78, 5) is 11.9. The van der Waals surface area contributed by atoms with Gasteiger partial charge >= 0.3 is 0 Å². The third-order valence-corrected chi connectivity index (χ3v) is 6.21. The quantitative estimate of drug-likeness (QED) is 0.301. The fraction of sp³-hybridized carbons (Fsp3) is 0.292. The molecule has 0 radical (unpaired) electrons. The van der Waals surface area contributed by atoms with Gasteiger partial charge in [0.05, 0.1) is 14.2 Å². The van der Waals surface area contributed by atoms with Crippen molar-refractivity contribution in [3.8, 4) is 28.6 Å². The Morgan fingerprint density at radius 2 is 1.89 bits per heavy atom. The minimum atomic E-state index is -4.18. The van der Waals surface area contributed by atoms with E-state index in [4.69, 9.17) is 9.47 Å². The van der Waals surface area contributed by atoms with Gasteiger partial charge in [0.2, 0.25) is 16.0 Å². The summed E-state index contributed by atoms with van der Waals surface area (Å²) >= 11 is 0. The molecule has 2 N–H and O–H groups in total. The van der Waals surface area contributed by atoms with E-state index in [2.05, 4.69) is 36.6 Å². The van der Waals surface area contributed by atoms with Crippen molar-refractivity contribution in [2.45, 2.75) is 26.9 Å². The molecule has 2 heterocycles. The first kappa shape index (κ1) is 27.5. The number of anilines is 1. The second-order valence-electron chi connectivity index (χ2n) is 8.20. The summed E-state index contributed by atoms with van der Waals surface area (Å²) in [6, 6.07) is 6.95. The molecule has 13 heteroatoms. The van der Waals surface area contributed by atoms with E-state index in [9.17, 15) is 13.5 Å². The SMILES string of the molecule is C=NC(=NC=C(C)C)[C@@H](O)CS(=O)(=O)Nc1nnc(-c2cncc(C)c2)n1-c1c(OC)cccc1OC. The van der Waals surface area contributed by atoms with Crippen LogP contribution in [0.2, 0.25) is 0 Å². The average molecular weight is 528 g/mol. The van der Waals surface area contributed by atoms with Gasteiger partial charge in [-0.25, -0.2) is 18.4 Å². The molecule has 1 aromatic carbocycles. The van der Waals surface area contributed by atoms with Crippen LogP contribution in [0.4, 0.5) is 5.95 Å². The smallest absolute Gasteiger partial charge is 0.243 e. The van der Waals surface area contributed by atoms with Crippen molar-refractivity contribution in [3.63, 3.8) is 0 Å². The zero-order chi connectivity index (χ0) is 27.2. The highest BCUT2D eigenvalue weighted by Gasteiger charge is 2.27. The van der Waals surface area contributed by atoms with E-state index in [0.717, 1.165) is 11.1 Å². The van der Waals surface area contributed by atoms with E-state index in [0.29, 0.717) is 22.7 Å². The van der Waals surface area contributed by atoms with Crippen LogP contribution < -0.4 is 14.2 Å². The first-order chi connectivity index (χ1) is 17.6. The van der Waals surface area contributed by atoms with Crippen LogP contribution >= 0.6 is 0 Å². The van der Waals surface area contributed by atoms with Gasteiger partial charge in [-0.1, -0.05) is 11.6 Å². The van der Waals surface area contributed by atoms with Crippen molar-refractivity contribution >= 4 is 28.5 Å². The maximum absolute atomic E-state index is 13.1. The molecule has 0 aliphatic rings. The Bertz CT molecular complexity index is 1420. The Labute approximate surface area is 215 Å². The molecule has 3 rings (SSSR count). The summed E-state index contributed by atoms with van der Waals surface area (Å²) in [6.07, 6.45) is 3.18. The molecule has 2 aromatic heterocycles. The van der Waals surface area contributed by atoms with E-state index < -0.39 is 21.9 Å². The van der Waals surface area contributed by atoms with Gasteiger partial charge in [0.1, 0.15) is 29.0 Å². The molecular weight excluding hydrogens is 498 g/mol. The molecule has 0 amide bonds. The number of rotatable bonds is 10. The Kier molecular flexibility index (Phi) is 8.73. The van der Waals surface area contributed by atoms with Gasteiger partial charge in [-0.15, -0.1) is 10.2 Å². The van der Waals surface area contributed by atoms with Crippen LogP contribution in [0.5, 0.6) is 11.5 Å². The summed E-state index contributed by atoms with van der Waals surface area (Å²) in [6.45, 7) is 8.84. The van der Waals surface area contributed by atoms with Gasteiger partial charge in [-0.3, -0.25) is 14.3 Å². The van der Waals surface area contributed by atoms with Crippen LogP contribution in [0.1, 0.15) is 19.4 Å². The fourth-order valence-electron chi connectivity index (χ4n) is 3.37. The van der Waals surface area contributed by atoms with Crippen LogP contribution in [-0.4, -0.2) is 71.9 Å². The van der Waals surface area contributed by atoms with Gasteiger partial charge in [0.25, 0.3) is 0 Å². The molecule has 0 unspecified atom stereocenters. The Balaban J connectivity index is 2.12. The van der Waals surface area contributed by atoms with Crippen LogP contribution in [0.15, 0.2) is 58.4 Å². The molecule has 0 fully saturated rings. The summed E-state index contributed by atoms with van der Waals surface area (Å²) in [5, 5.41) is 18.8. The lowest BCUT2D eigenvalue weighted by Gasteiger charge is -2.18. The number of aliphatic hydroxyl groups is 1. The zero-order valence-electron chi connectivity index (χ0n) is 21.2. The van der Waals surface area contributed by atoms with Gasteiger partial charge in [-0.2, -0.15) is 0 Å². The molecule has 12 nitrogen and oxygen atoms in total. The highest BCUT2D eigenvalue weighted by atomic mass is 32.2.